The number of carbonyl (C=O) groups is 2. The number of rotatable bonds is 3. The predicted molar refractivity (Wildman–Crippen MR) is 93.9 cm³/mol. The van der Waals surface area contributed by atoms with Crippen LogP contribution in [-0.2, 0) is 9.59 Å². The van der Waals surface area contributed by atoms with E-state index in [0.29, 0.717) is 18.0 Å². The third-order valence-corrected chi connectivity index (χ3v) is 4.34. The van der Waals surface area contributed by atoms with Crippen LogP contribution in [-0.4, -0.2) is 25.5 Å². The molecule has 0 fully saturated rings. The first-order chi connectivity index (χ1) is 12.0. The van der Waals surface area contributed by atoms with E-state index in [0.717, 1.165) is 22.4 Å². The maximum atomic E-state index is 12.2. The Morgan fingerprint density at radius 2 is 1.80 bits per heavy atom. The lowest BCUT2D eigenvalue weighted by atomic mass is 10.0. The smallest absolute Gasteiger partial charge is 0.313 e. The summed E-state index contributed by atoms with van der Waals surface area (Å²) in [6.07, 6.45) is 0. The van der Waals surface area contributed by atoms with E-state index in [1.807, 2.05) is 26.0 Å². The van der Waals surface area contributed by atoms with Crippen molar-refractivity contribution in [3.8, 4) is 11.5 Å². The molecular formula is C19H20N2O4. The monoisotopic (exact) mass is 340 g/mol. The molecule has 1 unspecified atom stereocenters. The van der Waals surface area contributed by atoms with Crippen molar-refractivity contribution in [3.63, 3.8) is 0 Å². The number of carbonyl (C=O) groups excluding carboxylic acids is 2. The summed E-state index contributed by atoms with van der Waals surface area (Å²) in [5.74, 6) is 0.0478. The number of hydrogen-bond donors (Lipinski definition) is 2. The van der Waals surface area contributed by atoms with Crippen LogP contribution in [0.25, 0.3) is 0 Å². The normalized spacial score (nSPS) is 15.1. The summed E-state index contributed by atoms with van der Waals surface area (Å²) in [6, 6.07) is 10.3. The number of amides is 2. The van der Waals surface area contributed by atoms with Crippen molar-refractivity contribution in [2.24, 2.45) is 0 Å². The molecule has 1 heterocycles. The van der Waals surface area contributed by atoms with Gasteiger partial charge in [-0.3, -0.25) is 9.59 Å². The lowest BCUT2D eigenvalue weighted by Crippen LogP contribution is -2.38. The fourth-order valence-corrected chi connectivity index (χ4v) is 2.74. The average Bonchev–Trinajstić information content (AvgIpc) is 3.02. The van der Waals surface area contributed by atoms with E-state index in [9.17, 15) is 9.59 Å². The van der Waals surface area contributed by atoms with Crippen molar-refractivity contribution < 1.29 is 19.1 Å². The summed E-state index contributed by atoms with van der Waals surface area (Å²) in [5, 5.41) is 5.29. The highest BCUT2D eigenvalue weighted by molar-refractivity contribution is 6.39. The molecule has 1 aliphatic heterocycles. The molecule has 1 aliphatic rings. The van der Waals surface area contributed by atoms with Crippen LogP contribution in [0.2, 0.25) is 0 Å². The summed E-state index contributed by atoms with van der Waals surface area (Å²) in [4.78, 5) is 24.3. The molecule has 2 N–H and O–H groups in total. The van der Waals surface area contributed by atoms with Crippen molar-refractivity contribution in [1.29, 1.82) is 0 Å². The molecular weight excluding hydrogens is 320 g/mol. The van der Waals surface area contributed by atoms with Crippen LogP contribution in [0.5, 0.6) is 11.5 Å². The summed E-state index contributed by atoms with van der Waals surface area (Å²) >= 11 is 0. The minimum atomic E-state index is -0.720. The molecule has 0 saturated heterocycles. The van der Waals surface area contributed by atoms with Gasteiger partial charge in [0.25, 0.3) is 0 Å². The summed E-state index contributed by atoms with van der Waals surface area (Å²) in [6.45, 7) is 4.31. The van der Waals surface area contributed by atoms with Gasteiger partial charge in [0.05, 0.1) is 13.2 Å². The van der Waals surface area contributed by atoms with Gasteiger partial charge in [0.1, 0.15) is 18.1 Å². The van der Waals surface area contributed by atoms with Gasteiger partial charge < -0.3 is 20.1 Å². The second-order valence-electron chi connectivity index (χ2n) is 5.95. The fraction of sp³-hybridized carbons (Fsp3) is 0.263. The first kappa shape index (κ1) is 16.8. The number of methoxy groups -OCH3 is 1. The van der Waals surface area contributed by atoms with E-state index in [2.05, 4.69) is 10.6 Å². The van der Waals surface area contributed by atoms with Crippen molar-refractivity contribution >= 4 is 17.5 Å². The zero-order valence-electron chi connectivity index (χ0n) is 14.4. The fourth-order valence-electron chi connectivity index (χ4n) is 2.74. The molecule has 0 radical (unpaired) electrons. The van der Waals surface area contributed by atoms with E-state index in [1.54, 1.807) is 31.4 Å². The molecule has 0 aliphatic carbocycles. The standard InChI is InChI=1S/C19H20N2O4/c1-11-4-9-15-16(10-25-17(15)12(11)2)21-19(23)18(22)20-13-5-7-14(24-3)8-6-13/h4-9,16H,10H2,1-3H3,(H,20,22)(H,21,23). The summed E-state index contributed by atoms with van der Waals surface area (Å²) in [5.41, 5.74) is 3.60. The lowest BCUT2D eigenvalue weighted by molar-refractivity contribution is -0.136. The SMILES string of the molecule is COc1ccc(NC(=O)C(=O)NC2COc3c2ccc(C)c3C)cc1. The molecule has 6 heteroatoms. The molecule has 1 atom stereocenters. The molecule has 2 aromatic carbocycles. The Morgan fingerprint density at radius 3 is 2.48 bits per heavy atom. The van der Waals surface area contributed by atoms with Crippen molar-refractivity contribution in [2.75, 3.05) is 19.0 Å². The number of benzene rings is 2. The van der Waals surface area contributed by atoms with Crippen LogP contribution in [0.3, 0.4) is 0 Å². The molecule has 130 valence electrons. The summed E-state index contributed by atoms with van der Waals surface area (Å²) < 4.78 is 10.7. The van der Waals surface area contributed by atoms with E-state index < -0.39 is 11.8 Å². The Morgan fingerprint density at radius 1 is 1.08 bits per heavy atom. The van der Waals surface area contributed by atoms with Crippen molar-refractivity contribution in [2.45, 2.75) is 19.9 Å². The number of anilines is 1. The number of fused-ring (bicyclic) bond motifs is 1. The van der Waals surface area contributed by atoms with Crippen LogP contribution in [0, 0.1) is 13.8 Å². The second kappa shape index (κ2) is 6.84. The van der Waals surface area contributed by atoms with Crippen LogP contribution >= 0.6 is 0 Å². The minimum absolute atomic E-state index is 0.321. The first-order valence-electron chi connectivity index (χ1n) is 7.98. The molecule has 0 saturated carbocycles. The third-order valence-electron chi connectivity index (χ3n) is 4.34. The van der Waals surface area contributed by atoms with Crippen molar-refractivity contribution in [1.82, 2.24) is 5.32 Å². The van der Waals surface area contributed by atoms with Gasteiger partial charge >= 0.3 is 11.8 Å². The summed E-state index contributed by atoms with van der Waals surface area (Å²) in [7, 11) is 1.56. The van der Waals surface area contributed by atoms with Crippen LogP contribution < -0.4 is 20.1 Å². The molecule has 0 aromatic heterocycles. The van der Waals surface area contributed by atoms with E-state index in [-0.39, 0.29) is 6.04 Å². The molecule has 2 amide bonds. The Kier molecular flexibility index (Phi) is 4.61. The van der Waals surface area contributed by atoms with Crippen LogP contribution in [0.4, 0.5) is 5.69 Å². The van der Waals surface area contributed by atoms with Gasteiger partial charge in [-0.05, 0) is 49.2 Å². The number of aryl methyl sites for hydroxylation is 1. The zero-order valence-corrected chi connectivity index (χ0v) is 14.4. The number of hydrogen-bond acceptors (Lipinski definition) is 4. The topological polar surface area (TPSA) is 76.7 Å². The highest BCUT2D eigenvalue weighted by atomic mass is 16.5. The second-order valence-corrected chi connectivity index (χ2v) is 5.95. The maximum Gasteiger partial charge on any atom is 0.313 e. The molecule has 3 rings (SSSR count). The third kappa shape index (κ3) is 3.42. The van der Waals surface area contributed by atoms with E-state index >= 15 is 0 Å². The van der Waals surface area contributed by atoms with Gasteiger partial charge in [-0.2, -0.15) is 0 Å². The van der Waals surface area contributed by atoms with Gasteiger partial charge in [-0.1, -0.05) is 12.1 Å². The lowest BCUT2D eigenvalue weighted by Gasteiger charge is -2.12. The average molecular weight is 340 g/mol. The predicted octanol–water partition coefficient (Wildman–Crippen LogP) is 2.50. The maximum absolute atomic E-state index is 12.2. The Bertz CT molecular complexity index is 815. The van der Waals surface area contributed by atoms with E-state index in [4.69, 9.17) is 9.47 Å². The number of nitrogens with one attached hydrogen (secondary N) is 2. The van der Waals surface area contributed by atoms with E-state index in [1.165, 1.54) is 0 Å². The first-order valence-corrected chi connectivity index (χ1v) is 7.98. The Balaban J connectivity index is 1.65. The van der Waals surface area contributed by atoms with Gasteiger partial charge in [0.2, 0.25) is 0 Å². The highest BCUT2D eigenvalue weighted by Crippen LogP contribution is 2.36. The Hall–Kier alpha value is -3.02. The van der Waals surface area contributed by atoms with Gasteiger partial charge in [-0.25, -0.2) is 0 Å². The molecule has 2 aromatic rings. The largest absolute Gasteiger partial charge is 0.497 e. The van der Waals surface area contributed by atoms with Gasteiger partial charge in [0.15, 0.2) is 0 Å². The van der Waals surface area contributed by atoms with Gasteiger partial charge in [0, 0.05) is 11.3 Å². The van der Waals surface area contributed by atoms with Gasteiger partial charge in [-0.15, -0.1) is 0 Å². The highest BCUT2D eigenvalue weighted by Gasteiger charge is 2.29. The van der Waals surface area contributed by atoms with Crippen LogP contribution in [0.15, 0.2) is 36.4 Å². The molecule has 0 bridgehead atoms. The molecule has 6 nitrogen and oxygen atoms in total. The molecule has 25 heavy (non-hydrogen) atoms. The molecule has 0 spiro atoms. The minimum Gasteiger partial charge on any atom is -0.497 e. The number of ether oxygens (including phenoxy) is 2. The van der Waals surface area contributed by atoms with Crippen molar-refractivity contribution in [3.05, 3.63) is 53.1 Å². The van der Waals surface area contributed by atoms with Crippen LogP contribution in [0.1, 0.15) is 22.7 Å². The Labute approximate surface area is 146 Å². The quantitative estimate of drug-likeness (QED) is 0.842. The zero-order chi connectivity index (χ0) is 18.0.